The topological polar surface area (TPSA) is 104 Å². The molecule has 5 atom stereocenters. The lowest BCUT2D eigenvalue weighted by Gasteiger charge is -2.37. The summed E-state index contributed by atoms with van der Waals surface area (Å²) >= 11 is 0. The molecule has 1 saturated heterocycles. The van der Waals surface area contributed by atoms with Gasteiger partial charge in [0.1, 0.15) is 6.04 Å². The third-order valence-electron chi connectivity index (χ3n) is 7.20. The number of imide groups is 1. The quantitative estimate of drug-likeness (QED) is 0.381. The van der Waals surface area contributed by atoms with Crippen LogP contribution in [0.4, 0.5) is 9.59 Å². The molecule has 0 bridgehead atoms. The van der Waals surface area contributed by atoms with E-state index in [1.165, 1.54) is 7.11 Å². The van der Waals surface area contributed by atoms with Gasteiger partial charge in [0.05, 0.1) is 12.7 Å². The number of likely N-dealkylation sites (tertiary alicyclic amines) is 1. The van der Waals surface area contributed by atoms with Crippen LogP contribution in [0.2, 0.25) is 0 Å². The van der Waals surface area contributed by atoms with Crippen LogP contribution in [0.1, 0.15) is 43.0 Å². The van der Waals surface area contributed by atoms with Crippen LogP contribution in [0.25, 0.3) is 0 Å². The van der Waals surface area contributed by atoms with Gasteiger partial charge in [-0.05, 0) is 67.2 Å². The molecule has 2 aliphatic rings. The summed E-state index contributed by atoms with van der Waals surface area (Å²) < 4.78 is 5.02. The highest BCUT2D eigenvalue weighted by Gasteiger charge is 2.42. The predicted octanol–water partition coefficient (Wildman–Crippen LogP) is 2.43. The first-order valence-corrected chi connectivity index (χ1v) is 14.7. The monoisotopic (exact) mass is 587 g/mol. The molecule has 12 heteroatoms. The third-order valence-corrected chi connectivity index (χ3v) is 9.01. The lowest BCUT2D eigenvalue weighted by atomic mass is 9.93. The lowest BCUT2D eigenvalue weighted by Crippen LogP contribution is -2.55. The van der Waals surface area contributed by atoms with Crippen molar-refractivity contribution in [2.24, 2.45) is 0 Å². The molecule has 9 nitrogen and oxygen atoms in total. The number of carbonyl (C=O) groups is 3. The second-order valence-electron chi connectivity index (χ2n) is 9.90. The number of nitrogens with one attached hydrogen (secondary N) is 2. The molecule has 0 spiro atoms. The number of piperidine rings is 1. The van der Waals surface area contributed by atoms with Gasteiger partial charge in [-0.1, -0.05) is 18.2 Å². The summed E-state index contributed by atoms with van der Waals surface area (Å²) in [4.78, 5) is 47.3. The first-order chi connectivity index (χ1) is 18.7. The first kappa shape index (κ1) is 29.6. The summed E-state index contributed by atoms with van der Waals surface area (Å²) in [7, 11) is 9.35. The number of ether oxygens (including phenoxy) is 1. The van der Waals surface area contributed by atoms with Crippen molar-refractivity contribution in [3.05, 3.63) is 65.1 Å². The van der Waals surface area contributed by atoms with Crippen LogP contribution in [0.5, 0.6) is 0 Å². The number of amides is 4. The van der Waals surface area contributed by atoms with Gasteiger partial charge in [0.2, 0.25) is 0 Å². The molecule has 1 aromatic carbocycles. The Morgan fingerprint density at radius 1 is 1.18 bits per heavy atom. The SMILES string of the molecule is COC(=O)C1=C(C)NC(=O)N(C(=O)NCC(P)CN2CCC(c3ccccn3)CC2)C1c1ccc(P)c(P)c1. The number of allylic oxidation sites excluding steroid dienone is 1. The van der Waals surface area contributed by atoms with E-state index in [2.05, 4.69) is 54.3 Å². The summed E-state index contributed by atoms with van der Waals surface area (Å²) in [6, 6.07) is 9.49. The molecular formula is C27H36N5O4P3. The molecule has 1 aromatic heterocycles. The Hall–Kier alpha value is -2.43. The van der Waals surface area contributed by atoms with Crippen LogP contribution in [0.3, 0.4) is 0 Å². The highest BCUT2D eigenvalue weighted by atomic mass is 31.0. The molecule has 4 rings (SSSR count). The van der Waals surface area contributed by atoms with Crippen molar-refractivity contribution in [1.29, 1.82) is 0 Å². The van der Waals surface area contributed by atoms with Gasteiger partial charge in [-0.25, -0.2) is 19.3 Å². The highest BCUT2D eigenvalue weighted by molar-refractivity contribution is 7.35. The summed E-state index contributed by atoms with van der Waals surface area (Å²) in [6.07, 6.45) is 3.94. The minimum Gasteiger partial charge on any atom is -0.466 e. The summed E-state index contributed by atoms with van der Waals surface area (Å²) in [5.74, 6) is -0.129. The van der Waals surface area contributed by atoms with Gasteiger partial charge in [-0.2, -0.15) is 0 Å². The number of pyridine rings is 1. The molecule has 2 aliphatic heterocycles. The Kier molecular flexibility index (Phi) is 10.1. The molecule has 0 radical (unpaired) electrons. The zero-order chi connectivity index (χ0) is 28.1. The second kappa shape index (κ2) is 13.3. The highest BCUT2D eigenvalue weighted by Crippen LogP contribution is 2.34. The summed E-state index contributed by atoms with van der Waals surface area (Å²) in [6.45, 7) is 4.72. The summed E-state index contributed by atoms with van der Waals surface area (Å²) in [5.41, 5.74) is 2.44. The molecule has 4 amide bonds. The van der Waals surface area contributed by atoms with Crippen LogP contribution in [-0.4, -0.2) is 71.8 Å². The number of carbonyl (C=O) groups excluding carboxylic acids is 3. The Morgan fingerprint density at radius 2 is 1.92 bits per heavy atom. The zero-order valence-electron chi connectivity index (χ0n) is 22.2. The summed E-state index contributed by atoms with van der Waals surface area (Å²) in [5, 5.41) is 7.39. The van der Waals surface area contributed by atoms with Gasteiger partial charge in [0.25, 0.3) is 0 Å². The Labute approximate surface area is 236 Å². The van der Waals surface area contributed by atoms with E-state index in [0.29, 0.717) is 23.7 Å². The molecule has 5 unspecified atom stereocenters. The fraction of sp³-hybridized carbons (Fsp3) is 0.407. The largest absolute Gasteiger partial charge is 0.466 e. The van der Waals surface area contributed by atoms with Gasteiger partial charge < -0.3 is 20.3 Å². The van der Waals surface area contributed by atoms with Crippen molar-refractivity contribution < 1.29 is 19.1 Å². The second-order valence-corrected chi connectivity index (χ2v) is 12.1. The van der Waals surface area contributed by atoms with Gasteiger partial charge in [-0.3, -0.25) is 4.98 Å². The maximum Gasteiger partial charge on any atom is 0.337 e. The van der Waals surface area contributed by atoms with E-state index in [4.69, 9.17) is 4.74 Å². The zero-order valence-corrected chi connectivity index (χ0v) is 25.7. The predicted molar refractivity (Wildman–Crippen MR) is 163 cm³/mol. The van der Waals surface area contributed by atoms with E-state index in [1.54, 1.807) is 6.92 Å². The number of esters is 1. The average Bonchev–Trinajstić information content (AvgIpc) is 2.93. The van der Waals surface area contributed by atoms with Gasteiger partial charge >= 0.3 is 18.0 Å². The molecule has 2 aromatic rings. The van der Waals surface area contributed by atoms with Crippen molar-refractivity contribution in [3.8, 4) is 0 Å². The number of rotatable bonds is 7. The maximum atomic E-state index is 13.4. The van der Waals surface area contributed by atoms with E-state index in [1.807, 2.05) is 36.5 Å². The molecule has 2 N–H and O–H groups in total. The number of hydrogen-bond acceptors (Lipinski definition) is 6. The van der Waals surface area contributed by atoms with Crippen LogP contribution < -0.4 is 21.2 Å². The van der Waals surface area contributed by atoms with E-state index < -0.39 is 24.1 Å². The van der Waals surface area contributed by atoms with E-state index >= 15 is 0 Å². The minimum atomic E-state index is -0.926. The number of nitrogens with zero attached hydrogens (tertiary/aromatic N) is 3. The van der Waals surface area contributed by atoms with Crippen molar-refractivity contribution in [3.63, 3.8) is 0 Å². The fourth-order valence-electron chi connectivity index (χ4n) is 5.13. The Bertz CT molecular complexity index is 1250. The number of methoxy groups -OCH3 is 1. The van der Waals surface area contributed by atoms with Gasteiger partial charge in [0.15, 0.2) is 0 Å². The normalized spacial score (nSPS) is 19.5. The Balaban J connectivity index is 1.42. The van der Waals surface area contributed by atoms with E-state index in [9.17, 15) is 14.4 Å². The molecule has 0 saturated carbocycles. The van der Waals surface area contributed by atoms with Gasteiger partial charge in [-0.15, -0.1) is 27.7 Å². The number of aromatic nitrogens is 1. The minimum absolute atomic E-state index is 0.0825. The number of urea groups is 2. The number of hydrogen-bond donors (Lipinski definition) is 2. The molecule has 208 valence electrons. The third kappa shape index (κ3) is 7.02. The van der Waals surface area contributed by atoms with Crippen LogP contribution in [-0.2, 0) is 9.53 Å². The van der Waals surface area contributed by atoms with Crippen LogP contribution in [0, 0.1) is 0 Å². The maximum absolute atomic E-state index is 13.4. The molecule has 3 heterocycles. The van der Waals surface area contributed by atoms with E-state index in [-0.39, 0.29) is 11.2 Å². The van der Waals surface area contributed by atoms with Crippen LogP contribution >= 0.6 is 27.7 Å². The first-order valence-electron chi connectivity index (χ1n) is 12.9. The fourth-order valence-corrected chi connectivity index (χ4v) is 6.02. The van der Waals surface area contributed by atoms with Crippen molar-refractivity contribution in [2.75, 3.05) is 33.3 Å². The molecular weight excluding hydrogens is 551 g/mol. The average molecular weight is 588 g/mol. The Morgan fingerprint density at radius 3 is 2.56 bits per heavy atom. The standard InChI is InChI=1S/C27H36N5O4P3/c1-16-23(25(33)36-2)24(18-6-7-21(38)22(39)13-18)32(27(35)30-16)26(34)29-14-19(37)15-31-11-8-17(9-12-31)20-5-3-4-10-28-20/h3-7,10,13,17,19,24H,8-9,11-12,14-15,37-39H2,1-2H3,(H,29,34)(H,30,35). The number of benzene rings is 1. The van der Waals surface area contributed by atoms with Crippen molar-refractivity contribution in [2.45, 2.75) is 37.4 Å². The molecule has 39 heavy (non-hydrogen) atoms. The van der Waals surface area contributed by atoms with Crippen molar-refractivity contribution in [1.82, 2.24) is 25.4 Å². The van der Waals surface area contributed by atoms with Gasteiger partial charge in [0, 0.05) is 42.3 Å². The van der Waals surface area contributed by atoms with E-state index in [0.717, 1.165) is 53.7 Å². The smallest absolute Gasteiger partial charge is 0.337 e. The molecule has 1 fully saturated rings. The molecule has 0 aliphatic carbocycles. The van der Waals surface area contributed by atoms with Crippen molar-refractivity contribution >= 4 is 56.4 Å². The van der Waals surface area contributed by atoms with Crippen LogP contribution in [0.15, 0.2) is 53.9 Å². The lowest BCUT2D eigenvalue weighted by molar-refractivity contribution is -0.136.